The minimum atomic E-state index is -0.480. The van der Waals surface area contributed by atoms with E-state index in [4.69, 9.17) is 16.3 Å². The molecule has 1 atom stereocenters. The van der Waals surface area contributed by atoms with Gasteiger partial charge in [0.25, 0.3) is 0 Å². The Bertz CT molecular complexity index is 626. The Morgan fingerprint density at radius 2 is 2.00 bits per heavy atom. The third-order valence-electron chi connectivity index (χ3n) is 4.83. The Labute approximate surface area is 143 Å². The molecule has 1 aromatic rings. The number of nitrogens with zero attached hydrogens (tertiary/aromatic N) is 2. The molecule has 1 fully saturated rings. The van der Waals surface area contributed by atoms with Gasteiger partial charge >= 0.3 is 6.09 Å². The van der Waals surface area contributed by atoms with Crippen LogP contribution >= 0.6 is 11.6 Å². The SMILES string of the molecule is CN1CCCC2(CCN2C(=O)OC(C)(C)C)c2cc(Cl)ccc21. The smallest absolute Gasteiger partial charge is 0.411 e. The standard InChI is InChI=1S/C18H25ClN2O2/c1-17(2,3)23-16(22)21-11-9-18(21)8-5-10-20(4)15-7-6-13(19)12-14(15)18/h6-7,12H,5,8-11H2,1-4H3. The Morgan fingerprint density at radius 1 is 1.26 bits per heavy atom. The molecule has 1 spiro atoms. The van der Waals surface area contributed by atoms with E-state index in [2.05, 4.69) is 18.0 Å². The lowest BCUT2D eigenvalue weighted by Gasteiger charge is -2.53. The summed E-state index contributed by atoms with van der Waals surface area (Å²) in [6, 6.07) is 6.01. The molecule has 3 rings (SSSR count). The van der Waals surface area contributed by atoms with Gasteiger partial charge in [0, 0.05) is 36.4 Å². The molecule has 0 aromatic heterocycles. The number of ether oxygens (including phenoxy) is 1. The molecule has 1 amide bonds. The summed E-state index contributed by atoms with van der Waals surface area (Å²) in [6.07, 6.45) is 2.73. The first-order valence-corrected chi connectivity index (χ1v) is 8.62. The van der Waals surface area contributed by atoms with E-state index >= 15 is 0 Å². The highest BCUT2D eigenvalue weighted by atomic mass is 35.5. The van der Waals surface area contributed by atoms with E-state index in [1.165, 1.54) is 5.69 Å². The van der Waals surface area contributed by atoms with E-state index in [-0.39, 0.29) is 11.6 Å². The Hall–Kier alpha value is -1.42. The predicted octanol–water partition coefficient (Wildman–Crippen LogP) is 4.41. The fourth-order valence-electron chi connectivity index (χ4n) is 3.69. The third kappa shape index (κ3) is 2.89. The number of likely N-dealkylation sites (tertiary alicyclic amines) is 1. The topological polar surface area (TPSA) is 32.8 Å². The van der Waals surface area contributed by atoms with Crippen LogP contribution in [-0.4, -0.2) is 36.7 Å². The molecule has 2 aliphatic heterocycles. The van der Waals surface area contributed by atoms with E-state index in [9.17, 15) is 4.79 Å². The van der Waals surface area contributed by atoms with Crippen molar-refractivity contribution in [3.63, 3.8) is 0 Å². The van der Waals surface area contributed by atoms with Crippen molar-refractivity contribution in [3.8, 4) is 0 Å². The van der Waals surface area contributed by atoms with Gasteiger partial charge in [0.1, 0.15) is 5.60 Å². The van der Waals surface area contributed by atoms with Crippen LogP contribution in [0.25, 0.3) is 0 Å². The van der Waals surface area contributed by atoms with Crippen molar-refractivity contribution in [1.29, 1.82) is 0 Å². The van der Waals surface area contributed by atoms with Gasteiger partial charge in [0.2, 0.25) is 0 Å². The van der Waals surface area contributed by atoms with Crippen LogP contribution in [-0.2, 0) is 10.3 Å². The summed E-state index contributed by atoms with van der Waals surface area (Å²) in [5, 5.41) is 0.717. The minimum Gasteiger partial charge on any atom is -0.444 e. The number of halogens is 1. The summed E-state index contributed by atoms with van der Waals surface area (Å²) >= 11 is 6.27. The van der Waals surface area contributed by atoms with Crippen molar-refractivity contribution >= 4 is 23.4 Å². The first-order chi connectivity index (χ1) is 10.7. The number of carbonyl (C=O) groups excluding carboxylic acids is 1. The number of fused-ring (bicyclic) bond motifs is 2. The first kappa shape index (κ1) is 16.4. The highest BCUT2D eigenvalue weighted by Crippen LogP contribution is 2.50. The van der Waals surface area contributed by atoms with Crippen molar-refractivity contribution in [1.82, 2.24) is 4.90 Å². The molecule has 23 heavy (non-hydrogen) atoms. The second-order valence-corrected chi connectivity index (χ2v) is 8.04. The van der Waals surface area contributed by atoms with Crippen molar-refractivity contribution < 1.29 is 9.53 Å². The second-order valence-electron chi connectivity index (χ2n) is 7.60. The van der Waals surface area contributed by atoms with Crippen molar-refractivity contribution in [3.05, 3.63) is 28.8 Å². The van der Waals surface area contributed by atoms with Crippen LogP contribution in [0.1, 0.15) is 45.6 Å². The Balaban J connectivity index is 1.99. The lowest BCUT2D eigenvalue weighted by Crippen LogP contribution is -2.60. The third-order valence-corrected chi connectivity index (χ3v) is 5.07. The number of anilines is 1. The van der Waals surface area contributed by atoms with E-state index in [1.807, 2.05) is 37.8 Å². The maximum Gasteiger partial charge on any atom is 0.411 e. The summed E-state index contributed by atoms with van der Waals surface area (Å²) in [5.41, 5.74) is 1.57. The van der Waals surface area contributed by atoms with Crippen LogP contribution in [0.3, 0.4) is 0 Å². The van der Waals surface area contributed by atoms with Crippen molar-refractivity contribution in [2.45, 2.75) is 51.2 Å². The van der Waals surface area contributed by atoms with Gasteiger partial charge in [0.05, 0.1) is 5.54 Å². The summed E-state index contributed by atoms with van der Waals surface area (Å²) in [7, 11) is 2.10. The molecule has 0 N–H and O–H groups in total. The number of amides is 1. The van der Waals surface area contributed by atoms with Crippen LogP contribution in [0.15, 0.2) is 18.2 Å². The average Bonchev–Trinajstić information content (AvgIpc) is 2.53. The normalized spacial score (nSPS) is 24.0. The van der Waals surface area contributed by atoms with Crippen molar-refractivity contribution in [2.75, 3.05) is 25.0 Å². The summed E-state index contributed by atoms with van der Waals surface area (Å²) in [6.45, 7) is 7.44. The Morgan fingerprint density at radius 3 is 2.61 bits per heavy atom. The van der Waals surface area contributed by atoms with Gasteiger partial charge in [-0.3, -0.25) is 4.90 Å². The molecule has 5 heteroatoms. The number of hydrogen-bond donors (Lipinski definition) is 0. The van der Waals surface area contributed by atoms with E-state index in [0.717, 1.165) is 42.9 Å². The highest BCUT2D eigenvalue weighted by molar-refractivity contribution is 6.30. The van der Waals surface area contributed by atoms with Crippen LogP contribution in [0.5, 0.6) is 0 Å². The molecule has 0 bridgehead atoms. The van der Waals surface area contributed by atoms with E-state index in [1.54, 1.807) is 0 Å². The van der Waals surface area contributed by atoms with E-state index in [0.29, 0.717) is 0 Å². The fourth-order valence-corrected chi connectivity index (χ4v) is 3.87. The predicted molar refractivity (Wildman–Crippen MR) is 93.2 cm³/mol. The molecule has 0 radical (unpaired) electrons. The summed E-state index contributed by atoms with van der Waals surface area (Å²) in [4.78, 5) is 16.8. The molecule has 0 saturated carbocycles. The van der Waals surface area contributed by atoms with Crippen LogP contribution in [0.2, 0.25) is 5.02 Å². The van der Waals surface area contributed by atoms with Gasteiger partial charge in [-0.05, 0) is 58.2 Å². The molecule has 1 unspecified atom stereocenters. The minimum absolute atomic E-state index is 0.223. The molecular weight excluding hydrogens is 312 g/mol. The maximum atomic E-state index is 12.7. The lowest BCUT2D eigenvalue weighted by atomic mass is 9.75. The van der Waals surface area contributed by atoms with Gasteiger partial charge in [-0.25, -0.2) is 4.79 Å². The maximum absolute atomic E-state index is 12.7. The van der Waals surface area contributed by atoms with Crippen LogP contribution in [0, 0.1) is 0 Å². The van der Waals surface area contributed by atoms with Gasteiger partial charge in [-0.2, -0.15) is 0 Å². The monoisotopic (exact) mass is 336 g/mol. The zero-order valence-corrected chi connectivity index (χ0v) is 15.1. The van der Waals surface area contributed by atoms with Gasteiger partial charge < -0.3 is 9.64 Å². The van der Waals surface area contributed by atoms with Crippen LogP contribution in [0.4, 0.5) is 10.5 Å². The molecule has 2 aliphatic rings. The van der Waals surface area contributed by atoms with Gasteiger partial charge in [0.15, 0.2) is 0 Å². The zero-order valence-electron chi connectivity index (χ0n) is 14.4. The number of hydrogen-bond acceptors (Lipinski definition) is 3. The van der Waals surface area contributed by atoms with Crippen molar-refractivity contribution in [2.24, 2.45) is 0 Å². The van der Waals surface area contributed by atoms with Gasteiger partial charge in [-0.15, -0.1) is 0 Å². The lowest BCUT2D eigenvalue weighted by molar-refractivity contribution is -0.0509. The summed E-state index contributed by atoms with van der Waals surface area (Å²) in [5.74, 6) is 0. The zero-order chi connectivity index (χ0) is 16.8. The molecule has 126 valence electrons. The molecule has 4 nitrogen and oxygen atoms in total. The largest absolute Gasteiger partial charge is 0.444 e. The quantitative estimate of drug-likeness (QED) is 0.703. The second kappa shape index (κ2) is 5.59. The molecule has 1 aromatic carbocycles. The number of benzene rings is 1. The van der Waals surface area contributed by atoms with E-state index < -0.39 is 5.60 Å². The average molecular weight is 337 g/mol. The fraction of sp³-hybridized carbons (Fsp3) is 0.611. The van der Waals surface area contributed by atoms with Crippen LogP contribution < -0.4 is 4.90 Å². The van der Waals surface area contributed by atoms with Gasteiger partial charge in [-0.1, -0.05) is 11.6 Å². The molecular formula is C18H25ClN2O2. The number of rotatable bonds is 0. The first-order valence-electron chi connectivity index (χ1n) is 8.25. The highest BCUT2D eigenvalue weighted by Gasteiger charge is 2.51. The molecule has 2 heterocycles. The molecule has 0 aliphatic carbocycles. The Kier molecular flexibility index (Phi) is 3.99. The molecule has 1 saturated heterocycles. The number of carbonyl (C=O) groups is 1. The summed E-state index contributed by atoms with van der Waals surface area (Å²) < 4.78 is 5.62.